The molecule has 1 aliphatic rings. The van der Waals surface area contributed by atoms with Gasteiger partial charge in [-0.2, -0.15) is 0 Å². The molecule has 0 saturated heterocycles. The Morgan fingerprint density at radius 3 is 2.83 bits per heavy atom. The third-order valence-corrected chi connectivity index (χ3v) is 5.18. The summed E-state index contributed by atoms with van der Waals surface area (Å²) in [6.45, 7) is 4.81. The van der Waals surface area contributed by atoms with E-state index < -0.39 is 0 Å². The van der Waals surface area contributed by atoms with E-state index in [1.165, 1.54) is 35.3 Å². The zero-order chi connectivity index (χ0) is 15.5. The first-order chi connectivity index (χ1) is 10.6. The first kappa shape index (κ1) is 18.2. The van der Waals surface area contributed by atoms with Crippen molar-refractivity contribution in [3.05, 3.63) is 44.9 Å². The molecule has 0 amide bonds. The number of nitrogens with one attached hydrogen (secondary N) is 1. The molecule has 0 radical (unpaired) electrons. The van der Waals surface area contributed by atoms with Crippen LogP contribution in [0.15, 0.2) is 23.2 Å². The minimum Gasteiger partial charge on any atom is -0.370 e. The number of nitrogens with zero attached hydrogens (tertiary/aromatic N) is 2. The lowest BCUT2D eigenvalue weighted by Crippen LogP contribution is -2.23. The molecule has 6 heteroatoms. The maximum Gasteiger partial charge on any atom is 0.193 e. The number of anilines is 1. The van der Waals surface area contributed by atoms with E-state index in [9.17, 15) is 0 Å². The number of halogens is 1. The standard InChI is InChI=1S/C17H22N4S.HI/c1-11-12(2)22-16(20-11)8-9-19-17(18)21-15-7-6-13-4-3-5-14(13)10-15;/h6-7,10H,3-5,8-9H2,1-2H3,(H3,18,19,21);1H. The second-order valence-electron chi connectivity index (χ2n) is 5.73. The van der Waals surface area contributed by atoms with Crippen molar-refractivity contribution < 1.29 is 0 Å². The monoisotopic (exact) mass is 442 g/mol. The Morgan fingerprint density at radius 1 is 1.30 bits per heavy atom. The topological polar surface area (TPSA) is 63.3 Å². The zero-order valence-electron chi connectivity index (χ0n) is 13.6. The van der Waals surface area contributed by atoms with Gasteiger partial charge in [0, 0.05) is 23.5 Å². The molecule has 3 rings (SSSR count). The van der Waals surface area contributed by atoms with Crippen LogP contribution in [0.3, 0.4) is 0 Å². The van der Waals surface area contributed by atoms with Gasteiger partial charge in [0.05, 0.1) is 10.7 Å². The van der Waals surface area contributed by atoms with Crippen LogP contribution in [0.2, 0.25) is 0 Å². The van der Waals surface area contributed by atoms with Gasteiger partial charge in [-0.3, -0.25) is 4.99 Å². The SMILES string of the molecule is Cc1nc(CCN=C(N)Nc2ccc3c(c2)CCC3)sc1C.I. The number of thiazole rings is 1. The fourth-order valence-corrected chi connectivity index (χ4v) is 3.68. The lowest BCUT2D eigenvalue weighted by molar-refractivity contribution is 0.912. The van der Waals surface area contributed by atoms with Crippen LogP contribution >= 0.6 is 35.3 Å². The Hall–Kier alpha value is -1.15. The quantitative estimate of drug-likeness (QED) is 0.430. The van der Waals surface area contributed by atoms with Gasteiger partial charge in [0.25, 0.3) is 0 Å². The number of aryl methyl sites for hydroxylation is 4. The molecule has 0 saturated carbocycles. The average Bonchev–Trinajstić information content (AvgIpc) is 3.05. The number of nitrogens with two attached hydrogens (primary N) is 1. The van der Waals surface area contributed by atoms with Gasteiger partial charge in [0.15, 0.2) is 5.96 Å². The molecule has 0 bridgehead atoms. The van der Waals surface area contributed by atoms with Gasteiger partial charge in [-0.1, -0.05) is 6.07 Å². The minimum atomic E-state index is 0. The summed E-state index contributed by atoms with van der Waals surface area (Å²) in [5, 5.41) is 4.31. The van der Waals surface area contributed by atoms with Crippen molar-refractivity contribution in [1.29, 1.82) is 0 Å². The first-order valence-electron chi connectivity index (χ1n) is 7.73. The predicted molar refractivity (Wildman–Crippen MR) is 109 cm³/mol. The lowest BCUT2D eigenvalue weighted by Gasteiger charge is -2.07. The fraction of sp³-hybridized carbons (Fsp3) is 0.412. The van der Waals surface area contributed by atoms with Crippen molar-refractivity contribution >= 4 is 47.0 Å². The van der Waals surface area contributed by atoms with Crippen LogP contribution in [0.25, 0.3) is 0 Å². The Balaban J connectivity index is 0.00000192. The maximum atomic E-state index is 5.97. The molecule has 0 fully saturated rings. The normalized spacial score (nSPS) is 13.6. The highest BCUT2D eigenvalue weighted by Gasteiger charge is 2.10. The number of guanidine groups is 1. The van der Waals surface area contributed by atoms with E-state index >= 15 is 0 Å². The number of hydrogen-bond acceptors (Lipinski definition) is 3. The van der Waals surface area contributed by atoms with Gasteiger partial charge in [-0.05, 0) is 56.4 Å². The van der Waals surface area contributed by atoms with Gasteiger partial charge >= 0.3 is 0 Å². The summed E-state index contributed by atoms with van der Waals surface area (Å²) in [7, 11) is 0. The maximum absolute atomic E-state index is 5.97. The van der Waals surface area contributed by atoms with Crippen LogP contribution < -0.4 is 11.1 Å². The molecule has 0 spiro atoms. The molecule has 1 aromatic carbocycles. The van der Waals surface area contributed by atoms with E-state index in [1.54, 1.807) is 11.3 Å². The van der Waals surface area contributed by atoms with Crippen molar-refractivity contribution in [3.63, 3.8) is 0 Å². The Bertz CT molecular complexity index is 689. The van der Waals surface area contributed by atoms with E-state index in [-0.39, 0.29) is 24.0 Å². The molecular formula is C17H23IN4S. The summed E-state index contributed by atoms with van der Waals surface area (Å²) in [6.07, 6.45) is 4.47. The Labute approximate surface area is 158 Å². The molecule has 0 unspecified atom stereocenters. The van der Waals surface area contributed by atoms with Crippen molar-refractivity contribution in [3.8, 4) is 0 Å². The third-order valence-electron chi connectivity index (χ3n) is 4.05. The molecule has 3 N–H and O–H groups in total. The van der Waals surface area contributed by atoms with Gasteiger partial charge in [0.1, 0.15) is 0 Å². The van der Waals surface area contributed by atoms with Crippen LogP contribution in [-0.4, -0.2) is 17.5 Å². The molecule has 23 heavy (non-hydrogen) atoms. The van der Waals surface area contributed by atoms with Crippen LogP contribution in [-0.2, 0) is 19.3 Å². The van der Waals surface area contributed by atoms with E-state index in [1.807, 2.05) is 6.92 Å². The molecule has 1 aliphatic carbocycles. The first-order valence-corrected chi connectivity index (χ1v) is 8.55. The molecule has 0 aliphatic heterocycles. The van der Waals surface area contributed by atoms with Crippen molar-refractivity contribution in [2.45, 2.75) is 39.5 Å². The average molecular weight is 442 g/mol. The number of rotatable bonds is 4. The summed E-state index contributed by atoms with van der Waals surface area (Å²) in [5.41, 5.74) is 11.0. The van der Waals surface area contributed by atoms with Crippen LogP contribution in [0.4, 0.5) is 5.69 Å². The number of aromatic nitrogens is 1. The number of aliphatic imine (C=N–C) groups is 1. The molecule has 0 atom stereocenters. The zero-order valence-corrected chi connectivity index (χ0v) is 16.7. The Morgan fingerprint density at radius 2 is 2.09 bits per heavy atom. The van der Waals surface area contributed by atoms with Crippen LogP contribution in [0, 0.1) is 13.8 Å². The predicted octanol–water partition coefficient (Wildman–Crippen LogP) is 3.84. The second-order valence-corrected chi connectivity index (χ2v) is 7.02. The lowest BCUT2D eigenvalue weighted by atomic mass is 10.1. The summed E-state index contributed by atoms with van der Waals surface area (Å²) >= 11 is 1.74. The van der Waals surface area contributed by atoms with Crippen LogP contribution in [0.1, 0.15) is 33.1 Å². The van der Waals surface area contributed by atoms with E-state index in [0.717, 1.165) is 22.8 Å². The summed E-state index contributed by atoms with van der Waals surface area (Å²) in [5.74, 6) is 0.475. The fourth-order valence-electron chi connectivity index (χ4n) is 2.76. The third kappa shape index (κ3) is 4.67. The highest BCUT2D eigenvalue weighted by atomic mass is 127. The largest absolute Gasteiger partial charge is 0.370 e. The van der Waals surface area contributed by atoms with E-state index in [2.05, 4.69) is 40.4 Å². The smallest absolute Gasteiger partial charge is 0.193 e. The van der Waals surface area contributed by atoms with Crippen molar-refractivity contribution in [2.75, 3.05) is 11.9 Å². The molecule has 124 valence electrons. The van der Waals surface area contributed by atoms with Gasteiger partial charge in [0.2, 0.25) is 0 Å². The minimum absolute atomic E-state index is 0. The van der Waals surface area contributed by atoms with Crippen molar-refractivity contribution in [1.82, 2.24) is 4.98 Å². The number of benzene rings is 1. The summed E-state index contributed by atoms with van der Waals surface area (Å²) < 4.78 is 0. The molecular weight excluding hydrogens is 419 g/mol. The number of hydrogen-bond donors (Lipinski definition) is 2. The Kier molecular flexibility index (Phi) is 6.41. The molecule has 2 aromatic rings. The van der Waals surface area contributed by atoms with E-state index in [4.69, 9.17) is 5.73 Å². The van der Waals surface area contributed by atoms with Crippen molar-refractivity contribution in [2.24, 2.45) is 10.7 Å². The summed E-state index contributed by atoms with van der Waals surface area (Å²) in [4.78, 5) is 10.2. The van der Waals surface area contributed by atoms with Crippen LogP contribution in [0.5, 0.6) is 0 Å². The highest BCUT2D eigenvalue weighted by Crippen LogP contribution is 2.24. The van der Waals surface area contributed by atoms with Gasteiger partial charge in [-0.25, -0.2) is 4.98 Å². The summed E-state index contributed by atoms with van der Waals surface area (Å²) in [6, 6.07) is 6.47. The van der Waals surface area contributed by atoms with Gasteiger partial charge < -0.3 is 11.1 Å². The highest BCUT2D eigenvalue weighted by molar-refractivity contribution is 14.0. The molecule has 1 aromatic heterocycles. The second kappa shape index (κ2) is 8.10. The molecule has 4 nitrogen and oxygen atoms in total. The molecule has 1 heterocycles. The van der Waals surface area contributed by atoms with E-state index in [0.29, 0.717) is 12.5 Å². The number of fused-ring (bicyclic) bond motifs is 1. The van der Waals surface area contributed by atoms with Gasteiger partial charge in [-0.15, -0.1) is 35.3 Å².